The smallest absolute Gasteiger partial charge is 0.251 e. The molecule has 27 heavy (non-hydrogen) atoms. The molecule has 0 bridgehead atoms. The molecule has 0 fully saturated rings. The van der Waals surface area contributed by atoms with Crippen LogP contribution in [0.3, 0.4) is 0 Å². The largest absolute Gasteiger partial charge is 0.497 e. The lowest BCUT2D eigenvalue weighted by molar-refractivity contribution is -0.133. The van der Waals surface area contributed by atoms with Crippen LogP contribution in [0.1, 0.15) is 36.2 Å². The zero-order valence-corrected chi connectivity index (χ0v) is 16.4. The zero-order valence-electron chi connectivity index (χ0n) is 16.4. The molecule has 0 saturated carbocycles. The summed E-state index contributed by atoms with van der Waals surface area (Å²) in [6.45, 7) is 4.47. The third kappa shape index (κ3) is 5.58. The second-order valence-corrected chi connectivity index (χ2v) is 6.75. The van der Waals surface area contributed by atoms with Gasteiger partial charge < -0.3 is 15.0 Å². The number of benzene rings is 2. The number of nitrogens with zero attached hydrogens (tertiary/aromatic N) is 1. The maximum atomic E-state index is 13.0. The molecule has 0 spiro atoms. The van der Waals surface area contributed by atoms with Crippen LogP contribution in [0.15, 0.2) is 54.6 Å². The number of likely N-dealkylation sites (N-methyl/N-ethyl adjacent to an activating group) is 1. The Morgan fingerprint density at radius 1 is 1.07 bits per heavy atom. The Hall–Kier alpha value is -2.82. The van der Waals surface area contributed by atoms with E-state index in [4.69, 9.17) is 4.74 Å². The van der Waals surface area contributed by atoms with Gasteiger partial charge in [0.25, 0.3) is 5.91 Å². The van der Waals surface area contributed by atoms with E-state index in [1.807, 2.05) is 56.3 Å². The Morgan fingerprint density at radius 2 is 1.70 bits per heavy atom. The average molecular weight is 368 g/mol. The molecule has 2 amide bonds. The highest BCUT2D eigenvalue weighted by Crippen LogP contribution is 2.16. The van der Waals surface area contributed by atoms with Crippen molar-refractivity contribution in [2.45, 2.75) is 32.9 Å². The number of carbonyl (C=O) groups is 2. The lowest BCUT2D eigenvalue weighted by Crippen LogP contribution is -2.50. The third-order valence-corrected chi connectivity index (χ3v) is 4.76. The predicted molar refractivity (Wildman–Crippen MR) is 107 cm³/mol. The first-order chi connectivity index (χ1) is 13.0. The summed E-state index contributed by atoms with van der Waals surface area (Å²) in [5.41, 5.74) is 1.56. The molecule has 2 rings (SSSR count). The highest BCUT2D eigenvalue weighted by molar-refractivity contribution is 5.97. The monoisotopic (exact) mass is 368 g/mol. The van der Waals surface area contributed by atoms with Crippen LogP contribution in [0, 0.1) is 5.92 Å². The van der Waals surface area contributed by atoms with E-state index in [-0.39, 0.29) is 17.7 Å². The van der Waals surface area contributed by atoms with Crippen molar-refractivity contribution >= 4 is 11.8 Å². The van der Waals surface area contributed by atoms with Crippen molar-refractivity contribution in [3.8, 4) is 5.75 Å². The summed E-state index contributed by atoms with van der Waals surface area (Å²) in [5.74, 6) is 0.486. The molecule has 2 atom stereocenters. The summed E-state index contributed by atoms with van der Waals surface area (Å²) >= 11 is 0. The van der Waals surface area contributed by atoms with E-state index < -0.39 is 6.04 Å². The normalized spacial score (nSPS) is 12.7. The van der Waals surface area contributed by atoms with Gasteiger partial charge in [-0.05, 0) is 35.7 Å². The number of amides is 2. The molecular formula is C22H28N2O3. The summed E-state index contributed by atoms with van der Waals surface area (Å²) in [6.07, 6.45) is 0.794. The first kappa shape index (κ1) is 20.5. The molecule has 1 N–H and O–H groups in total. The van der Waals surface area contributed by atoms with Crippen molar-refractivity contribution < 1.29 is 14.3 Å². The molecule has 0 aliphatic carbocycles. The second kappa shape index (κ2) is 9.76. The van der Waals surface area contributed by atoms with Gasteiger partial charge in [-0.3, -0.25) is 9.59 Å². The number of ether oxygens (including phenoxy) is 1. The molecule has 0 heterocycles. The lowest BCUT2D eigenvalue weighted by Gasteiger charge is -2.28. The van der Waals surface area contributed by atoms with Gasteiger partial charge in [0.1, 0.15) is 11.8 Å². The summed E-state index contributed by atoms with van der Waals surface area (Å²) in [6, 6.07) is 16.0. The molecule has 0 radical (unpaired) electrons. The van der Waals surface area contributed by atoms with Crippen LogP contribution in [0.5, 0.6) is 5.75 Å². The zero-order chi connectivity index (χ0) is 19.8. The van der Waals surface area contributed by atoms with Crippen LogP contribution >= 0.6 is 0 Å². The Kier molecular flexibility index (Phi) is 7.41. The Bertz CT molecular complexity index is 744. The van der Waals surface area contributed by atoms with Crippen molar-refractivity contribution in [3.05, 3.63) is 65.7 Å². The van der Waals surface area contributed by atoms with Crippen molar-refractivity contribution in [2.24, 2.45) is 5.92 Å². The van der Waals surface area contributed by atoms with E-state index >= 15 is 0 Å². The fourth-order valence-electron chi connectivity index (χ4n) is 2.82. The number of carbonyl (C=O) groups excluding carboxylic acids is 2. The molecule has 5 nitrogen and oxygen atoms in total. The van der Waals surface area contributed by atoms with Crippen molar-refractivity contribution in [1.82, 2.24) is 10.2 Å². The fourth-order valence-corrected chi connectivity index (χ4v) is 2.82. The Labute approximate surface area is 161 Å². The highest BCUT2D eigenvalue weighted by atomic mass is 16.5. The van der Waals surface area contributed by atoms with Gasteiger partial charge in [-0.1, -0.05) is 50.6 Å². The van der Waals surface area contributed by atoms with Crippen LogP contribution in [0.2, 0.25) is 0 Å². The standard InChI is InChI=1S/C22H28N2O3/c1-5-16(2)20(23-21(25)18-9-7-6-8-10-18)22(26)24(3)15-17-11-13-19(27-4)14-12-17/h6-14,16,20H,5,15H2,1-4H3,(H,23,25)/t16-,20-/m0/s1. The third-order valence-electron chi connectivity index (χ3n) is 4.76. The van der Waals surface area contributed by atoms with Crippen LogP contribution in [-0.4, -0.2) is 36.9 Å². The first-order valence-corrected chi connectivity index (χ1v) is 9.20. The van der Waals surface area contributed by atoms with Gasteiger partial charge in [0.05, 0.1) is 7.11 Å². The topological polar surface area (TPSA) is 58.6 Å². The van der Waals surface area contributed by atoms with Gasteiger partial charge in [0, 0.05) is 19.2 Å². The summed E-state index contributed by atoms with van der Waals surface area (Å²) < 4.78 is 5.16. The van der Waals surface area contributed by atoms with Gasteiger partial charge in [-0.15, -0.1) is 0 Å². The van der Waals surface area contributed by atoms with E-state index in [2.05, 4.69) is 5.32 Å². The molecule has 0 aliphatic heterocycles. The molecule has 2 aromatic rings. The average Bonchev–Trinajstić information content (AvgIpc) is 2.71. The molecule has 2 aromatic carbocycles. The van der Waals surface area contributed by atoms with Gasteiger partial charge in [0.2, 0.25) is 5.91 Å². The predicted octanol–water partition coefficient (Wildman–Crippen LogP) is 3.50. The van der Waals surface area contributed by atoms with Crippen LogP contribution in [0.25, 0.3) is 0 Å². The van der Waals surface area contributed by atoms with Crippen LogP contribution < -0.4 is 10.1 Å². The summed E-state index contributed by atoms with van der Waals surface area (Å²) in [4.78, 5) is 27.2. The van der Waals surface area contributed by atoms with Gasteiger partial charge in [-0.2, -0.15) is 0 Å². The van der Waals surface area contributed by atoms with E-state index in [9.17, 15) is 9.59 Å². The number of hydrogen-bond donors (Lipinski definition) is 1. The van der Waals surface area contributed by atoms with Gasteiger partial charge >= 0.3 is 0 Å². The van der Waals surface area contributed by atoms with E-state index in [0.717, 1.165) is 17.7 Å². The quantitative estimate of drug-likeness (QED) is 0.776. The maximum absolute atomic E-state index is 13.0. The summed E-state index contributed by atoms with van der Waals surface area (Å²) in [5, 5.41) is 2.92. The number of nitrogens with one attached hydrogen (secondary N) is 1. The van der Waals surface area contributed by atoms with Crippen LogP contribution in [0.4, 0.5) is 0 Å². The maximum Gasteiger partial charge on any atom is 0.251 e. The Balaban J connectivity index is 2.09. The molecule has 0 aliphatic rings. The van der Waals surface area contributed by atoms with Crippen molar-refractivity contribution in [2.75, 3.05) is 14.2 Å². The van der Waals surface area contributed by atoms with E-state index in [0.29, 0.717) is 12.1 Å². The SMILES string of the molecule is CC[C@H](C)[C@H](NC(=O)c1ccccc1)C(=O)N(C)Cc1ccc(OC)cc1. The lowest BCUT2D eigenvalue weighted by atomic mass is 9.97. The minimum atomic E-state index is -0.564. The highest BCUT2D eigenvalue weighted by Gasteiger charge is 2.28. The van der Waals surface area contributed by atoms with Gasteiger partial charge in [-0.25, -0.2) is 0 Å². The fraction of sp³-hybridized carbons (Fsp3) is 0.364. The van der Waals surface area contributed by atoms with Crippen LogP contribution in [-0.2, 0) is 11.3 Å². The molecule has 5 heteroatoms. The second-order valence-electron chi connectivity index (χ2n) is 6.75. The van der Waals surface area contributed by atoms with E-state index in [1.54, 1.807) is 31.2 Å². The first-order valence-electron chi connectivity index (χ1n) is 9.20. The molecule has 0 saturated heterocycles. The molecule has 0 unspecified atom stereocenters. The molecular weight excluding hydrogens is 340 g/mol. The molecule has 144 valence electrons. The van der Waals surface area contributed by atoms with Gasteiger partial charge in [0.15, 0.2) is 0 Å². The molecule has 0 aromatic heterocycles. The van der Waals surface area contributed by atoms with Crippen molar-refractivity contribution in [1.29, 1.82) is 0 Å². The van der Waals surface area contributed by atoms with Crippen molar-refractivity contribution in [3.63, 3.8) is 0 Å². The van der Waals surface area contributed by atoms with E-state index in [1.165, 1.54) is 0 Å². The number of rotatable bonds is 8. The summed E-state index contributed by atoms with van der Waals surface area (Å²) in [7, 11) is 3.38. The minimum absolute atomic E-state index is 0.0310. The number of hydrogen-bond acceptors (Lipinski definition) is 3. The minimum Gasteiger partial charge on any atom is -0.497 e. The Morgan fingerprint density at radius 3 is 2.26 bits per heavy atom. The number of methoxy groups -OCH3 is 1.